The van der Waals surface area contributed by atoms with Crippen molar-refractivity contribution in [1.82, 2.24) is 4.98 Å². The molecule has 4 nitrogen and oxygen atoms in total. The highest BCUT2D eigenvalue weighted by Gasteiger charge is 2.23. The summed E-state index contributed by atoms with van der Waals surface area (Å²) >= 11 is 3.48. The molecule has 0 saturated heterocycles. The molecule has 0 N–H and O–H groups in total. The Balaban J connectivity index is 2.36. The molecule has 1 unspecified atom stereocenters. The number of anilines is 1. The van der Waals surface area contributed by atoms with Gasteiger partial charge in [-0.1, -0.05) is 40.2 Å². The maximum atomic E-state index is 12.3. The van der Waals surface area contributed by atoms with Gasteiger partial charge in [0.1, 0.15) is 5.82 Å². The summed E-state index contributed by atoms with van der Waals surface area (Å²) in [7, 11) is 0. The lowest BCUT2D eigenvalue weighted by molar-refractivity contribution is -0.125. The van der Waals surface area contributed by atoms with Crippen LogP contribution >= 0.6 is 15.9 Å². The van der Waals surface area contributed by atoms with Gasteiger partial charge in [-0.25, -0.2) is 9.88 Å². The molecule has 0 fully saturated rings. The Hall–Kier alpha value is -1.75. The van der Waals surface area contributed by atoms with Crippen LogP contribution in [0.3, 0.4) is 0 Å². The first-order valence-corrected chi connectivity index (χ1v) is 7.77. The number of carbonyl (C=O) groups excluding carboxylic acids is 2. The van der Waals surface area contributed by atoms with Gasteiger partial charge >= 0.3 is 0 Å². The maximum Gasteiger partial charge on any atom is 0.238 e. The zero-order chi connectivity index (χ0) is 15.2. The van der Waals surface area contributed by atoms with Crippen molar-refractivity contribution in [1.29, 1.82) is 0 Å². The van der Waals surface area contributed by atoms with Gasteiger partial charge in [0.2, 0.25) is 11.8 Å². The molecular formula is C16H17BrN2O2. The Bertz CT molecular complexity index is 568. The fourth-order valence-electron chi connectivity index (χ4n) is 2.02. The number of hydrogen-bond donors (Lipinski definition) is 0. The Labute approximate surface area is 132 Å². The predicted octanol–water partition coefficient (Wildman–Crippen LogP) is 3.69. The molecule has 2 heterocycles. The average Bonchev–Trinajstić information content (AvgIpc) is 2.46. The van der Waals surface area contributed by atoms with E-state index in [0.717, 1.165) is 12.0 Å². The second-order valence-electron chi connectivity index (χ2n) is 4.77. The smallest absolute Gasteiger partial charge is 0.238 e. The fourth-order valence-corrected chi connectivity index (χ4v) is 2.31. The lowest BCUT2D eigenvalue weighted by atomic mass is 10.2. The first-order chi connectivity index (χ1) is 10.1. The lowest BCUT2D eigenvalue weighted by Crippen LogP contribution is -2.37. The van der Waals surface area contributed by atoms with E-state index < -0.39 is 0 Å². The molecule has 1 aliphatic heterocycles. The van der Waals surface area contributed by atoms with Crippen molar-refractivity contribution in [3.63, 3.8) is 0 Å². The number of imide groups is 1. The van der Waals surface area contributed by atoms with E-state index >= 15 is 0 Å². The maximum absolute atomic E-state index is 12.3. The molecule has 21 heavy (non-hydrogen) atoms. The number of aromatic nitrogens is 1. The topological polar surface area (TPSA) is 50.3 Å². The number of halogens is 1. The van der Waals surface area contributed by atoms with E-state index in [1.54, 1.807) is 24.4 Å². The van der Waals surface area contributed by atoms with E-state index in [-0.39, 0.29) is 29.5 Å². The minimum absolute atomic E-state index is 0.130. The van der Waals surface area contributed by atoms with Crippen LogP contribution in [-0.2, 0) is 9.59 Å². The minimum atomic E-state index is -0.251. The second kappa shape index (κ2) is 7.31. The number of hydrogen-bond acceptors (Lipinski definition) is 3. The zero-order valence-electron chi connectivity index (χ0n) is 11.8. The summed E-state index contributed by atoms with van der Waals surface area (Å²) in [6.07, 6.45) is 10.2. The van der Waals surface area contributed by atoms with E-state index in [1.165, 1.54) is 4.90 Å². The van der Waals surface area contributed by atoms with Crippen molar-refractivity contribution in [2.75, 3.05) is 4.90 Å². The van der Waals surface area contributed by atoms with Crippen molar-refractivity contribution in [3.05, 3.63) is 48.2 Å². The monoisotopic (exact) mass is 348 g/mol. The van der Waals surface area contributed by atoms with Gasteiger partial charge in [0.25, 0.3) is 0 Å². The molecule has 0 saturated carbocycles. The highest BCUT2D eigenvalue weighted by molar-refractivity contribution is 9.09. The van der Waals surface area contributed by atoms with E-state index in [9.17, 15) is 9.59 Å². The van der Waals surface area contributed by atoms with Crippen molar-refractivity contribution in [2.45, 2.75) is 31.0 Å². The first kappa shape index (κ1) is 15.6. The lowest BCUT2D eigenvalue weighted by Gasteiger charge is -2.20. The van der Waals surface area contributed by atoms with Crippen LogP contribution in [0.25, 0.3) is 0 Å². The Kier molecular flexibility index (Phi) is 5.44. The van der Waals surface area contributed by atoms with Crippen molar-refractivity contribution >= 4 is 33.6 Å². The number of pyridine rings is 1. The standard InChI is InChI=1S/C16H17BrN2O2/c1-12(17)13-9-10-18-14(11-13)19-15(20)7-5-3-2-4-6-8-16(19)21/h3-6,9-12H,2,7-8H2,1H3/b5-3-,6-4-. The SMILES string of the molecule is CC(Br)c1ccnc(N2C(=O)C/C=C\C/C=C\CC2=O)c1. The summed E-state index contributed by atoms with van der Waals surface area (Å²) in [6, 6.07) is 3.63. The van der Waals surface area contributed by atoms with Crippen molar-refractivity contribution in [3.8, 4) is 0 Å². The van der Waals surface area contributed by atoms with Gasteiger partial charge in [0, 0.05) is 23.9 Å². The largest absolute Gasteiger partial charge is 0.274 e. The zero-order valence-corrected chi connectivity index (χ0v) is 13.4. The van der Waals surface area contributed by atoms with Gasteiger partial charge in [0.15, 0.2) is 0 Å². The second-order valence-corrected chi connectivity index (χ2v) is 6.15. The van der Waals surface area contributed by atoms with Crippen LogP contribution in [0.4, 0.5) is 5.82 Å². The summed E-state index contributed by atoms with van der Waals surface area (Å²) < 4.78 is 0. The van der Waals surface area contributed by atoms with Gasteiger partial charge in [-0.3, -0.25) is 9.59 Å². The van der Waals surface area contributed by atoms with E-state index in [4.69, 9.17) is 0 Å². The predicted molar refractivity (Wildman–Crippen MR) is 86.2 cm³/mol. The molecule has 0 aliphatic carbocycles. The van der Waals surface area contributed by atoms with Crippen molar-refractivity contribution < 1.29 is 9.59 Å². The highest BCUT2D eigenvalue weighted by atomic mass is 79.9. The molecule has 0 bridgehead atoms. The molecule has 2 amide bonds. The summed E-state index contributed by atoms with van der Waals surface area (Å²) in [4.78, 5) is 30.1. The van der Waals surface area contributed by atoms with Gasteiger partial charge in [-0.15, -0.1) is 0 Å². The van der Waals surface area contributed by atoms with Crippen LogP contribution in [0, 0.1) is 0 Å². The molecule has 5 heteroatoms. The molecule has 1 aliphatic rings. The summed E-state index contributed by atoms with van der Waals surface area (Å²) in [5, 5.41) is 0. The number of rotatable bonds is 2. The van der Waals surface area contributed by atoms with Gasteiger partial charge in [-0.2, -0.15) is 0 Å². The minimum Gasteiger partial charge on any atom is -0.274 e. The third-order valence-electron chi connectivity index (χ3n) is 3.15. The molecule has 0 spiro atoms. The number of amides is 2. The normalized spacial score (nSPS) is 21.0. The average molecular weight is 349 g/mol. The van der Waals surface area contributed by atoms with Crippen LogP contribution in [0.2, 0.25) is 0 Å². The van der Waals surface area contributed by atoms with Crippen LogP contribution in [0.15, 0.2) is 42.6 Å². The summed E-state index contributed by atoms with van der Waals surface area (Å²) in [6.45, 7) is 1.98. The Morgan fingerprint density at radius 1 is 1.14 bits per heavy atom. The number of nitrogens with zero attached hydrogens (tertiary/aromatic N) is 2. The number of carbonyl (C=O) groups is 2. The molecule has 0 radical (unpaired) electrons. The van der Waals surface area contributed by atoms with Gasteiger partial charge in [0.05, 0.1) is 0 Å². The Morgan fingerprint density at radius 2 is 1.76 bits per heavy atom. The highest BCUT2D eigenvalue weighted by Crippen LogP contribution is 2.25. The van der Waals surface area contributed by atoms with E-state index in [1.807, 2.05) is 25.1 Å². The third-order valence-corrected chi connectivity index (χ3v) is 3.68. The van der Waals surface area contributed by atoms with Crippen LogP contribution in [0.1, 0.15) is 36.6 Å². The summed E-state index contributed by atoms with van der Waals surface area (Å²) in [5.74, 6) is -0.118. The number of alkyl halides is 1. The van der Waals surface area contributed by atoms with Gasteiger partial charge in [-0.05, 0) is 31.0 Å². The van der Waals surface area contributed by atoms with Crippen LogP contribution < -0.4 is 4.90 Å². The molecule has 1 aromatic heterocycles. The molecule has 2 rings (SSSR count). The Morgan fingerprint density at radius 3 is 2.33 bits per heavy atom. The third kappa shape index (κ3) is 4.11. The van der Waals surface area contributed by atoms with E-state index in [0.29, 0.717) is 5.82 Å². The molecule has 110 valence electrons. The molecular weight excluding hydrogens is 332 g/mol. The first-order valence-electron chi connectivity index (χ1n) is 6.85. The van der Waals surface area contributed by atoms with Crippen molar-refractivity contribution in [2.24, 2.45) is 0 Å². The quantitative estimate of drug-likeness (QED) is 0.465. The molecule has 1 atom stereocenters. The number of allylic oxidation sites excluding steroid dienone is 2. The van der Waals surface area contributed by atoms with E-state index in [2.05, 4.69) is 20.9 Å². The molecule has 1 aromatic rings. The summed E-state index contributed by atoms with van der Waals surface area (Å²) in [5.41, 5.74) is 0.976. The van der Waals surface area contributed by atoms with Crippen LogP contribution in [-0.4, -0.2) is 16.8 Å². The molecule has 0 aromatic carbocycles. The van der Waals surface area contributed by atoms with Gasteiger partial charge < -0.3 is 0 Å². The van der Waals surface area contributed by atoms with Crippen LogP contribution in [0.5, 0.6) is 0 Å². The fraction of sp³-hybridized carbons (Fsp3) is 0.312.